The molecule has 0 aliphatic rings. The first-order chi connectivity index (χ1) is 8.31. The van der Waals surface area contributed by atoms with Gasteiger partial charge < -0.3 is 4.57 Å². The van der Waals surface area contributed by atoms with Crippen molar-refractivity contribution < 1.29 is 0 Å². The van der Waals surface area contributed by atoms with E-state index in [2.05, 4.69) is 16.0 Å². The smallest absolute Gasteiger partial charge is 0.152 e. The van der Waals surface area contributed by atoms with Gasteiger partial charge in [-0.3, -0.25) is 4.98 Å². The number of aryl methyl sites for hydroxylation is 1. The monoisotopic (exact) mass is 240 g/mol. The van der Waals surface area contributed by atoms with Gasteiger partial charge in [-0.25, -0.2) is 4.98 Å². The second kappa shape index (κ2) is 3.68. The molecule has 0 radical (unpaired) electrons. The zero-order valence-electron chi connectivity index (χ0n) is 9.08. The maximum atomic E-state index is 9.06. The molecule has 2 aromatic heterocycles. The fourth-order valence-electron chi connectivity index (χ4n) is 1.85. The summed E-state index contributed by atoms with van der Waals surface area (Å²) in [4.78, 5) is 9.60. The minimum Gasteiger partial charge on any atom is -0.326 e. The van der Waals surface area contributed by atoms with Crippen molar-refractivity contribution in [2.45, 2.75) is 0 Å². The number of aromatic nitrogens is 3. The lowest BCUT2D eigenvalue weighted by molar-refractivity contribution is 0.962. The highest BCUT2D eigenvalue weighted by Crippen LogP contribution is 2.27. The Balaban J connectivity index is 2.37. The molecule has 0 saturated heterocycles. The molecule has 0 unspecified atom stereocenters. The van der Waals surface area contributed by atoms with Crippen LogP contribution in [0.3, 0.4) is 0 Å². The maximum absolute atomic E-state index is 9.06. The quantitative estimate of drug-likeness (QED) is 0.657. The van der Waals surface area contributed by atoms with Crippen LogP contribution in [-0.4, -0.2) is 14.5 Å². The number of imidazole rings is 1. The third-order valence-electron chi connectivity index (χ3n) is 2.68. The Morgan fingerprint density at radius 2 is 2.29 bits per heavy atom. The minimum absolute atomic E-state index is 0.605. The predicted molar refractivity (Wildman–Crippen MR) is 66.5 cm³/mol. The van der Waals surface area contributed by atoms with E-state index in [0.29, 0.717) is 5.56 Å². The van der Waals surface area contributed by atoms with E-state index in [1.54, 1.807) is 29.1 Å². The van der Waals surface area contributed by atoms with Crippen LogP contribution in [0, 0.1) is 11.3 Å². The third-order valence-corrected chi connectivity index (χ3v) is 3.45. The summed E-state index contributed by atoms with van der Waals surface area (Å²) in [5, 5.41) is 9.06. The minimum atomic E-state index is 0.605. The van der Waals surface area contributed by atoms with Crippen molar-refractivity contribution in [3.05, 3.63) is 35.5 Å². The summed E-state index contributed by atoms with van der Waals surface area (Å²) in [6, 6.07) is 7.79. The van der Waals surface area contributed by atoms with Gasteiger partial charge in [0.2, 0.25) is 0 Å². The van der Waals surface area contributed by atoms with Crippen LogP contribution < -0.4 is 0 Å². The molecule has 0 amide bonds. The van der Waals surface area contributed by atoms with Gasteiger partial charge in [0, 0.05) is 13.2 Å². The van der Waals surface area contributed by atoms with Crippen molar-refractivity contribution in [2.24, 2.45) is 7.05 Å². The highest BCUT2D eigenvalue weighted by Gasteiger charge is 2.13. The van der Waals surface area contributed by atoms with Crippen LogP contribution in [0.4, 0.5) is 0 Å². The van der Waals surface area contributed by atoms with Crippen LogP contribution >= 0.6 is 11.3 Å². The molecule has 0 aliphatic heterocycles. The Morgan fingerprint density at radius 1 is 1.41 bits per heavy atom. The number of nitrogens with zero attached hydrogens (tertiary/aromatic N) is 4. The van der Waals surface area contributed by atoms with Gasteiger partial charge in [-0.05, 0) is 12.1 Å². The van der Waals surface area contributed by atoms with Crippen LogP contribution in [0.2, 0.25) is 0 Å². The van der Waals surface area contributed by atoms with Gasteiger partial charge in [0.1, 0.15) is 11.6 Å². The number of hydrogen-bond acceptors (Lipinski definition) is 4. The molecule has 82 valence electrons. The Labute approximate surface area is 102 Å². The molecule has 2 heterocycles. The van der Waals surface area contributed by atoms with Gasteiger partial charge in [0.15, 0.2) is 5.82 Å². The number of para-hydroxylation sites is 1. The summed E-state index contributed by atoms with van der Waals surface area (Å²) in [6.45, 7) is 0. The van der Waals surface area contributed by atoms with Crippen molar-refractivity contribution in [3.8, 4) is 16.8 Å². The van der Waals surface area contributed by atoms with Crippen LogP contribution in [0.25, 0.3) is 21.7 Å². The van der Waals surface area contributed by atoms with Crippen molar-refractivity contribution in [1.29, 1.82) is 5.26 Å². The first-order valence-corrected chi connectivity index (χ1v) is 5.93. The molecule has 0 saturated carbocycles. The number of rotatable bonds is 1. The van der Waals surface area contributed by atoms with Crippen molar-refractivity contribution >= 4 is 22.4 Å². The van der Waals surface area contributed by atoms with Crippen LogP contribution in [0.1, 0.15) is 5.56 Å². The highest BCUT2D eigenvalue weighted by atomic mass is 32.1. The summed E-state index contributed by atoms with van der Waals surface area (Å²) in [7, 11) is 1.95. The lowest BCUT2D eigenvalue weighted by Gasteiger charge is -1.98. The maximum Gasteiger partial charge on any atom is 0.152 e. The second-order valence-electron chi connectivity index (χ2n) is 3.65. The number of thiazole rings is 1. The van der Waals surface area contributed by atoms with E-state index in [1.165, 1.54) is 0 Å². The van der Waals surface area contributed by atoms with Crippen LogP contribution in [-0.2, 0) is 7.05 Å². The lowest BCUT2D eigenvalue weighted by Crippen LogP contribution is -1.90. The molecule has 0 N–H and O–H groups in total. The number of fused-ring (bicyclic) bond motifs is 1. The number of nitriles is 1. The van der Waals surface area contributed by atoms with Crippen LogP contribution in [0.5, 0.6) is 0 Å². The summed E-state index contributed by atoms with van der Waals surface area (Å²) >= 11 is 1.54. The Hall–Kier alpha value is -2.19. The standard InChI is InChI=1S/C12H8N4S/c1-16-9-4-2-3-8(5-13)11(9)15-12(16)10-6-14-7-17-10/h2-4,6-7H,1H3. The molecule has 0 spiro atoms. The Morgan fingerprint density at radius 3 is 3.00 bits per heavy atom. The molecule has 3 aromatic rings. The summed E-state index contributed by atoms with van der Waals surface area (Å²) in [5.74, 6) is 0.852. The first-order valence-electron chi connectivity index (χ1n) is 5.05. The molecule has 5 heteroatoms. The van der Waals surface area contributed by atoms with E-state index in [0.717, 1.165) is 21.7 Å². The summed E-state index contributed by atoms with van der Waals surface area (Å²) < 4.78 is 1.99. The van der Waals surface area contributed by atoms with Gasteiger partial charge in [0.25, 0.3) is 0 Å². The van der Waals surface area contributed by atoms with Gasteiger partial charge in [-0.2, -0.15) is 5.26 Å². The molecular weight excluding hydrogens is 232 g/mol. The van der Waals surface area contributed by atoms with Gasteiger partial charge >= 0.3 is 0 Å². The average molecular weight is 240 g/mol. The molecule has 0 aliphatic carbocycles. The fraction of sp³-hybridized carbons (Fsp3) is 0.0833. The summed E-state index contributed by atoms with van der Waals surface area (Å²) in [6.07, 6.45) is 1.79. The van der Waals surface area contributed by atoms with E-state index in [9.17, 15) is 0 Å². The lowest BCUT2D eigenvalue weighted by atomic mass is 10.2. The molecule has 0 fully saturated rings. The molecule has 17 heavy (non-hydrogen) atoms. The van der Waals surface area contributed by atoms with E-state index in [4.69, 9.17) is 5.26 Å². The molecule has 4 nitrogen and oxygen atoms in total. The van der Waals surface area contributed by atoms with Crippen molar-refractivity contribution in [1.82, 2.24) is 14.5 Å². The second-order valence-corrected chi connectivity index (χ2v) is 4.53. The largest absolute Gasteiger partial charge is 0.326 e. The Kier molecular flexibility index (Phi) is 2.16. The van der Waals surface area contributed by atoms with E-state index >= 15 is 0 Å². The molecule has 1 aromatic carbocycles. The van der Waals surface area contributed by atoms with Gasteiger partial charge in [0.05, 0.1) is 21.5 Å². The third kappa shape index (κ3) is 1.42. The first kappa shape index (κ1) is 10.00. The normalized spacial score (nSPS) is 10.6. The predicted octanol–water partition coefficient (Wildman–Crippen LogP) is 2.57. The number of benzene rings is 1. The fourth-order valence-corrected chi connectivity index (χ4v) is 2.50. The average Bonchev–Trinajstić information content (AvgIpc) is 2.97. The highest BCUT2D eigenvalue weighted by molar-refractivity contribution is 7.13. The van der Waals surface area contributed by atoms with E-state index in [-0.39, 0.29) is 0 Å². The molecule has 0 bridgehead atoms. The Bertz CT molecular complexity index is 719. The van der Waals surface area contributed by atoms with Gasteiger partial charge in [-0.1, -0.05) is 6.07 Å². The van der Waals surface area contributed by atoms with Crippen molar-refractivity contribution in [3.63, 3.8) is 0 Å². The molecule has 3 rings (SSSR count). The SMILES string of the molecule is Cn1c(-c2cncs2)nc2c(C#N)cccc21. The van der Waals surface area contributed by atoms with Crippen LogP contribution in [0.15, 0.2) is 29.9 Å². The topological polar surface area (TPSA) is 54.5 Å². The van der Waals surface area contributed by atoms with E-state index in [1.807, 2.05) is 23.7 Å². The van der Waals surface area contributed by atoms with Gasteiger partial charge in [-0.15, -0.1) is 11.3 Å². The zero-order chi connectivity index (χ0) is 11.8. The van der Waals surface area contributed by atoms with E-state index < -0.39 is 0 Å². The summed E-state index contributed by atoms with van der Waals surface area (Å²) in [5.41, 5.74) is 4.10. The molecular formula is C12H8N4S. The zero-order valence-corrected chi connectivity index (χ0v) is 9.90. The number of hydrogen-bond donors (Lipinski definition) is 0. The molecule has 0 atom stereocenters. The van der Waals surface area contributed by atoms with Crippen molar-refractivity contribution in [2.75, 3.05) is 0 Å².